The van der Waals surface area contributed by atoms with Crippen molar-refractivity contribution in [1.82, 2.24) is 0 Å². The number of hydrogen-bond donors (Lipinski definition) is 0. The smallest absolute Gasteiger partial charge is 0.177 e. The van der Waals surface area contributed by atoms with E-state index in [9.17, 15) is 8.78 Å². The van der Waals surface area contributed by atoms with Gasteiger partial charge in [-0.25, -0.2) is 17.6 Å². The lowest BCUT2D eigenvalue weighted by Gasteiger charge is -2.30. The summed E-state index contributed by atoms with van der Waals surface area (Å²) in [5.74, 6) is -2.91. The average molecular weight is 479 g/mol. The summed E-state index contributed by atoms with van der Waals surface area (Å²) >= 11 is 6.57. The van der Waals surface area contributed by atoms with E-state index >= 15 is 8.78 Å². The van der Waals surface area contributed by atoms with E-state index < -0.39 is 40.6 Å². The molecule has 0 aliphatic heterocycles. The van der Waals surface area contributed by atoms with Crippen LogP contribution in [0.15, 0.2) is 72.8 Å². The molecule has 0 nitrogen and oxygen atoms in total. The molecule has 0 fully saturated rings. The molecule has 0 heterocycles. The maximum atomic E-state index is 15.3. The van der Waals surface area contributed by atoms with Crippen molar-refractivity contribution in [3.8, 4) is 22.3 Å². The van der Waals surface area contributed by atoms with Crippen LogP contribution >= 0.6 is 11.1 Å². The molecule has 162 valence electrons. The predicted octanol–water partition coefficient (Wildman–Crippen LogP) is 7.81. The molecule has 2 aliphatic carbocycles. The highest BCUT2D eigenvalue weighted by Gasteiger charge is 2.45. The van der Waals surface area contributed by atoms with E-state index in [1.165, 1.54) is 36.4 Å². The van der Waals surface area contributed by atoms with Gasteiger partial charge in [0.05, 0.1) is 0 Å². The summed E-state index contributed by atoms with van der Waals surface area (Å²) in [7, 11) is -0.255. The zero-order chi connectivity index (χ0) is 22.9. The van der Waals surface area contributed by atoms with Gasteiger partial charge in [0.25, 0.3) is 0 Å². The Labute approximate surface area is 195 Å². The van der Waals surface area contributed by atoms with Gasteiger partial charge >= 0.3 is 0 Å². The van der Waals surface area contributed by atoms with Crippen molar-refractivity contribution in [2.24, 2.45) is 0 Å². The Morgan fingerprint density at radius 2 is 1.06 bits per heavy atom. The molecule has 0 aromatic heterocycles. The van der Waals surface area contributed by atoms with E-state index in [1.54, 1.807) is 36.4 Å². The van der Waals surface area contributed by atoms with Crippen molar-refractivity contribution >= 4 is 19.9 Å². The first kappa shape index (κ1) is 20.7. The minimum atomic E-state index is -0.602. The second-order valence-electron chi connectivity index (χ2n) is 8.46. The molecule has 0 spiro atoms. The average Bonchev–Trinajstić information content (AvgIpc) is 3.29. The van der Waals surface area contributed by atoms with Crippen molar-refractivity contribution in [3.05, 3.63) is 118 Å². The van der Waals surface area contributed by atoms with Gasteiger partial charge in [-0.2, -0.15) is 11.1 Å². The van der Waals surface area contributed by atoms with Gasteiger partial charge < -0.3 is 0 Å². The number of hydrogen-bond acceptors (Lipinski definition) is 0. The number of benzene rings is 4. The molecule has 0 amide bonds. The fourth-order valence-electron chi connectivity index (χ4n) is 5.62. The van der Waals surface area contributed by atoms with Gasteiger partial charge in [-0.3, -0.25) is 0 Å². The van der Waals surface area contributed by atoms with Crippen LogP contribution in [0.25, 0.3) is 22.3 Å². The molecule has 6 rings (SSSR count). The van der Waals surface area contributed by atoms with Crippen LogP contribution in [0, 0.1) is 23.3 Å². The zero-order valence-electron chi connectivity index (χ0n) is 17.1. The van der Waals surface area contributed by atoms with Crippen LogP contribution in [0.4, 0.5) is 17.6 Å². The first-order valence-electron chi connectivity index (χ1n) is 10.5. The van der Waals surface area contributed by atoms with Crippen LogP contribution in [0.2, 0.25) is 5.54 Å². The summed E-state index contributed by atoms with van der Waals surface area (Å²) < 4.78 is 59.2. The summed E-state index contributed by atoms with van der Waals surface area (Å²) in [6.45, 7) is 0. The fourth-order valence-corrected chi connectivity index (χ4v) is 7.32. The molecule has 2 aliphatic rings. The largest absolute Gasteiger partial charge is 0.207 e. The lowest BCUT2D eigenvalue weighted by atomic mass is 9.81. The Bertz CT molecular complexity index is 1330. The first-order valence-corrected chi connectivity index (χ1v) is 12.6. The van der Waals surface area contributed by atoms with E-state index in [4.69, 9.17) is 11.1 Å². The van der Waals surface area contributed by atoms with Crippen molar-refractivity contribution in [3.63, 3.8) is 0 Å². The van der Waals surface area contributed by atoms with E-state index in [1.807, 2.05) is 0 Å². The van der Waals surface area contributed by atoms with Gasteiger partial charge in [-0.1, -0.05) is 36.4 Å². The molecule has 0 bridgehead atoms. The molecule has 0 saturated heterocycles. The van der Waals surface area contributed by atoms with Crippen LogP contribution < -0.4 is 0 Å². The van der Waals surface area contributed by atoms with Gasteiger partial charge in [-0.05, 0) is 75.3 Å². The normalized spacial score (nSPS) is 18.5. The molecule has 2 atom stereocenters. The monoisotopic (exact) mass is 478 g/mol. The number of rotatable bonds is 3. The van der Waals surface area contributed by atoms with E-state index in [0.29, 0.717) is 33.4 Å². The van der Waals surface area contributed by atoms with Gasteiger partial charge in [0, 0.05) is 23.0 Å². The highest BCUT2D eigenvalue weighted by atomic mass is 35.6. The van der Waals surface area contributed by atoms with Crippen molar-refractivity contribution < 1.29 is 17.6 Å². The van der Waals surface area contributed by atoms with Gasteiger partial charge in [0.15, 0.2) is 8.83 Å². The fraction of sp³-hybridized carbons (Fsp3) is 0.111. The molecule has 6 heteroatoms. The molecular formula is C27H15ClF4Si. The molecule has 4 aromatic carbocycles. The van der Waals surface area contributed by atoms with Crippen molar-refractivity contribution in [2.45, 2.75) is 17.4 Å². The quantitative estimate of drug-likeness (QED) is 0.160. The van der Waals surface area contributed by atoms with Crippen LogP contribution in [0.3, 0.4) is 0 Å². The SMILES string of the molecule is Fc1ccc2c(c1)C(C([Si]Cl)C1c3cc(F)ccc3-c3cccc(F)c31)c1c(F)cccc1-2. The van der Waals surface area contributed by atoms with Crippen LogP contribution in [-0.2, 0) is 0 Å². The highest BCUT2D eigenvalue weighted by molar-refractivity contribution is 6.94. The minimum absolute atomic E-state index is 0.255. The second-order valence-corrected chi connectivity index (χ2v) is 10.00. The first-order chi connectivity index (χ1) is 16.0. The van der Waals surface area contributed by atoms with E-state index in [2.05, 4.69) is 0 Å². The minimum Gasteiger partial charge on any atom is -0.207 e. The summed E-state index contributed by atoms with van der Waals surface area (Å²) in [5.41, 5.74) is 4.43. The van der Waals surface area contributed by atoms with E-state index in [-0.39, 0.29) is 8.83 Å². The Kier molecular flexibility index (Phi) is 4.75. The molecule has 2 unspecified atom stereocenters. The number of halogens is 5. The molecule has 0 saturated carbocycles. The third-order valence-electron chi connectivity index (χ3n) is 6.85. The molecule has 4 aromatic rings. The maximum absolute atomic E-state index is 15.3. The lowest BCUT2D eigenvalue weighted by Crippen LogP contribution is -2.20. The van der Waals surface area contributed by atoms with Crippen LogP contribution in [0.5, 0.6) is 0 Å². The molecule has 0 N–H and O–H groups in total. The van der Waals surface area contributed by atoms with Crippen LogP contribution in [-0.4, -0.2) is 8.83 Å². The Morgan fingerprint density at radius 1 is 0.606 bits per heavy atom. The molecule has 2 radical (unpaired) electrons. The van der Waals surface area contributed by atoms with E-state index in [0.717, 1.165) is 11.1 Å². The Balaban J connectivity index is 1.63. The third kappa shape index (κ3) is 2.95. The zero-order valence-corrected chi connectivity index (χ0v) is 18.8. The third-order valence-corrected chi connectivity index (χ3v) is 8.52. The Morgan fingerprint density at radius 3 is 1.48 bits per heavy atom. The second kappa shape index (κ2) is 7.57. The van der Waals surface area contributed by atoms with Gasteiger partial charge in [0.1, 0.15) is 23.3 Å². The summed E-state index contributed by atoms with van der Waals surface area (Å²) in [6, 6.07) is 18.4. The van der Waals surface area contributed by atoms with Crippen molar-refractivity contribution in [2.75, 3.05) is 0 Å². The summed E-state index contributed by atoms with van der Waals surface area (Å²) in [5, 5.41) is 0. The maximum Gasteiger partial charge on any atom is 0.177 e. The van der Waals surface area contributed by atoms with Gasteiger partial charge in [0.2, 0.25) is 0 Å². The highest BCUT2D eigenvalue weighted by Crippen LogP contribution is 2.60. The van der Waals surface area contributed by atoms with Gasteiger partial charge in [-0.15, -0.1) is 0 Å². The predicted molar refractivity (Wildman–Crippen MR) is 123 cm³/mol. The lowest BCUT2D eigenvalue weighted by molar-refractivity contribution is 0.554. The number of fused-ring (bicyclic) bond motifs is 6. The topological polar surface area (TPSA) is 0 Å². The van der Waals surface area contributed by atoms with Crippen molar-refractivity contribution in [1.29, 1.82) is 0 Å². The van der Waals surface area contributed by atoms with Crippen LogP contribution in [0.1, 0.15) is 34.1 Å². The molecule has 33 heavy (non-hydrogen) atoms. The summed E-state index contributed by atoms with van der Waals surface area (Å²) in [6.07, 6.45) is 0. The summed E-state index contributed by atoms with van der Waals surface area (Å²) in [4.78, 5) is 0. The standard InChI is InChI=1S/C27H15ClF4Si/c28-33-27(25-19-11-13(29)7-9-15(19)17-3-1-5-21(31)23(17)25)26-20-12-14(30)8-10-16(20)18-4-2-6-22(32)24(18)26/h1-12,25-27H. The molecular weight excluding hydrogens is 464 g/mol. The Hall–Kier alpha value is -2.89.